The molecule has 4 nitrogen and oxygen atoms in total. The molecule has 0 bridgehead atoms. The Morgan fingerprint density at radius 1 is 1.04 bits per heavy atom. The number of piperidine rings is 1. The number of benzene rings is 2. The molecule has 1 aromatic heterocycles. The van der Waals surface area contributed by atoms with Gasteiger partial charge in [-0.2, -0.15) is 0 Å². The maximum atomic E-state index is 13.0. The van der Waals surface area contributed by atoms with Crippen LogP contribution in [0, 0.1) is 6.92 Å². The number of amides is 1. The number of likely N-dealkylation sites (tertiary alicyclic amines) is 1. The van der Waals surface area contributed by atoms with Crippen molar-refractivity contribution in [1.82, 2.24) is 14.9 Å². The quantitative estimate of drug-likeness (QED) is 0.695. The van der Waals surface area contributed by atoms with E-state index in [4.69, 9.17) is 4.98 Å². The van der Waals surface area contributed by atoms with Crippen LogP contribution in [0.1, 0.15) is 40.4 Å². The molecule has 1 saturated heterocycles. The van der Waals surface area contributed by atoms with Gasteiger partial charge in [-0.3, -0.25) is 4.79 Å². The monoisotopic (exact) mass is 357 g/mol. The van der Waals surface area contributed by atoms with Crippen LogP contribution in [-0.2, 0) is 0 Å². The SMILES string of the molecule is Cc1ccccc1C(=O)N1CCCC(c2ccnc(-c3ccccc3)n2)C1. The lowest BCUT2D eigenvalue weighted by Gasteiger charge is -2.33. The Bertz CT molecular complexity index is 939. The summed E-state index contributed by atoms with van der Waals surface area (Å²) in [6.45, 7) is 3.50. The van der Waals surface area contributed by atoms with Crippen molar-refractivity contribution >= 4 is 5.91 Å². The molecule has 1 atom stereocenters. The molecule has 0 saturated carbocycles. The van der Waals surface area contributed by atoms with Crippen molar-refractivity contribution in [1.29, 1.82) is 0 Å². The standard InChI is InChI=1S/C23H23N3O/c1-17-8-5-6-12-20(17)23(27)26-15-7-11-19(16-26)21-13-14-24-22(25-21)18-9-3-2-4-10-18/h2-6,8-10,12-14,19H,7,11,15-16H2,1H3. The molecular weight excluding hydrogens is 334 g/mol. The number of rotatable bonds is 3. The molecular formula is C23H23N3O. The molecule has 4 heteroatoms. The van der Waals surface area contributed by atoms with Gasteiger partial charge in [-0.05, 0) is 37.5 Å². The topological polar surface area (TPSA) is 46.1 Å². The molecule has 0 aliphatic carbocycles. The highest BCUT2D eigenvalue weighted by atomic mass is 16.2. The van der Waals surface area contributed by atoms with E-state index in [-0.39, 0.29) is 11.8 Å². The summed E-state index contributed by atoms with van der Waals surface area (Å²) in [5, 5.41) is 0. The van der Waals surface area contributed by atoms with Crippen molar-refractivity contribution in [3.63, 3.8) is 0 Å². The summed E-state index contributed by atoms with van der Waals surface area (Å²) in [4.78, 5) is 24.2. The maximum absolute atomic E-state index is 13.0. The third-order valence-electron chi connectivity index (χ3n) is 5.21. The first-order valence-electron chi connectivity index (χ1n) is 9.45. The number of aryl methyl sites for hydroxylation is 1. The second-order valence-corrected chi connectivity index (χ2v) is 7.08. The van der Waals surface area contributed by atoms with Crippen LogP contribution in [0.3, 0.4) is 0 Å². The number of aromatic nitrogens is 2. The fourth-order valence-electron chi connectivity index (χ4n) is 3.71. The van der Waals surface area contributed by atoms with Crippen molar-refractivity contribution in [2.45, 2.75) is 25.7 Å². The second-order valence-electron chi connectivity index (χ2n) is 7.08. The van der Waals surface area contributed by atoms with Crippen LogP contribution < -0.4 is 0 Å². The maximum Gasteiger partial charge on any atom is 0.254 e. The highest BCUT2D eigenvalue weighted by molar-refractivity contribution is 5.95. The van der Waals surface area contributed by atoms with Gasteiger partial charge in [0.25, 0.3) is 5.91 Å². The van der Waals surface area contributed by atoms with E-state index in [1.807, 2.05) is 78.7 Å². The Balaban J connectivity index is 1.55. The minimum Gasteiger partial charge on any atom is -0.338 e. The van der Waals surface area contributed by atoms with E-state index in [1.54, 1.807) is 0 Å². The third kappa shape index (κ3) is 3.75. The van der Waals surface area contributed by atoms with Gasteiger partial charge in [0.2, 0.25) is 0 Å². The zero-order valence-electron chi connectivity index (χ0n) is 15.5. The van der Waals surface area contributed by atoms with E-state index in [1.165, 1.54) is 0 Å². The Morgan fingerprint density at radius 3 is 2.63 bits per heavy atom. The van der Waals surface area contributed by atoms with E-state index in [2.05, 4.69) is 4.98 Å². The minimum absolute atomic E-state index is 0.120. The molecule has 1 amide bonds. The molecule has 3 aromatic rings. The molecule has 27 heavy (non-hydrogen) atoms. The van der Waals surface area contributed by atoms with Crippen molar-refractivity contribution in [3.05, 3.63) is 83.7 Å². The summed E-state index contributed by atoms with van der Waals surface area (Å²) in [6, 6.07) is 19.8. The molecule has 0 spiro atoms. The average Bonchev–Trinajstić information content (AvgIpc) is 2.74. The molecule has 0 radical (unpaired) electrons. The summed E-state index contributed by atoms with van der Waals surface area (Å²) in [5.41, 5.74) is 3.86. The average molecular weight is 357 g/mol. The fraction of sp³-hybridized carbons (Fsp3) is 0.261. The molecule has 2 heterocycles. The van der Waals surface area contributed by atoms with Crippen LogP contribution in [0.25, 0.3) is 11.4 Å². The molecule has 4 rings (SSSR count). The molecule has 1 aliphatic heterocycles. The Labute approximate surface area is 159 Å². The lowest BCUT2D eigenvalue weighted by Crippen LogP contribution is -2.39. The molecule has 1 aliphatic rings. The van der Waals surface area contributed by atoms with Crippen LogP contribution in [0.4, 0.5) is 0 Å². The van der Waals surface area contributed by atoms with Gasteiger partial charge in [-0.15, -0.1) is 0 Å². The van der Waals surface area contributed by atoms with Gasteiger partial charge in [-0.25, -0.2) is 9.97 Å². The van der Waals surface area contributed by atoms with Gasteiger partial charge in [0.15, 0.2) is 5.82 Å². The van der Waals surface area contributed by atoms with Crippen molar-refractivity contribution in [2.24, 2.45) is 0 Å². The van der Waals surface area contributed by atoms with Crippen LogP contribution in [0.15, 0.2) is 66.9 Å². The lowest BCUT2D eigenvalue weighted by molar-refractivity contribution is 0.0705. The summed E-state index contributed by atoms with van der Waals surface area (Å²) < 4.78 is 0. The number of nitrogens with zero attached hydrogens (tertiary/aromatic N) is 3. The molecule has 1 fully saturated rings. The molecule has 2 aromatic carbocycles. The van der Waals surface area contributed by atoms with Gasteiger partial charge < -0.3 is 4.90 Å². The summed E-state index contributed by atoms with van der Waals surface area (Å²) in [7, 11) is 0. The predicted octanol–water partition coefficient (Wildman–Crippen LogP) is 4.47. The van der Waals surface area contributed by atoms with Gasteiger partial charge in [-0.1, -0.05) is 48.5 Å². The van der Waals surface area contributed by atoms with Crippen LogP contribution in [0.5, 0.6) is 0 Å². The van der Waals surface area contributed by atoms with E-state index in [0.29, 0.717) is 6.54 Å². The first kappa shape index (κ1) is 17.4. The molecule has 0 N–H and O–H groups in total. The lowest BCUT2D eigenvalue weighted by atomic mass is 9.93. The Morgan fingerprint density at radius 2 is 1.81 bits per heavy atom. The zero-order valence-corrected chi connectivity index (χ0v) is 15.5. The number of carbonyl (C=O) groups is 1. The van der Waals surface area contributed by atoms with Crippen LogP contribution in [0.2, 0.25) is 0 Å². The van der Waals surface area contributed by atoms with E-state index < -0.39 is 0 Å². The van der Waals surface area contributed by atoms with Crippen LogP contribution >= 0.6 is 0 Å². The van der Waals surface area contributed by atoms with Gasteiger partial charge >= 0.3 is 0 Å². The minimum atomic E-state index is 0.120. The van der Waals surface area contributed by atoms with Gasteiger partial charge in [0.1, 0.15) is 0 Å². The normalized spacial score (nSPS) is 16.9. The summed E-state index contributed by atoms with van der Waals surface area (Å²) in [5.74, 6) is 1.11. The smallest absolute Gasteiger partial charge is 0.254 e. The van der Waals surface area contributed by atoms with E-state index in [9.17, 15) is 4.79 Å². The zero-order chi connectivity index (χ0) is 18.6. The van der Waals surface area contributed by atoms with E-state index in [0.717, 1.165) is 47.6 Å². The Hall–Kier alpha value is -3.01. The molecule has 136 valence electrons. The Kier molecular flexibility index (Phi) is 4.97. The number of hydrogen-bond donors (Lipinski definition) is 0. The fourth-order valence-corrected chi connectivity index (χ4v) is 3.71. The first-order chi connectivity index (χ1) is 13.2. The van der Waals surface area contributed by atoms with Gasteiger partial charge in [0, 0.05) is 42.0 Å². The predicted molar refractivity (Wildman–Crippen MR) is 107 cm³/mol. The summed E-state index contributed by atoms with van der Waals surface area (Å²) >= 11 is 0. The highest BCUT2D eigenvalue weighted by Crippen LogP contribution is 2.28. The summed E-state index contributed by atoms with van der Waals surface area (Å²) in [6.07, 6.45) is 3.86. The van der Waals surface area contributed by atoms with Crippen LogP contribution in [-0.4, -0.2) is 33.9 Å². The van der Waals surface area contributed by atoms with Crippen molar-refractivity contribution < 1.29 is 4.79 Å². The first-order valence-corrected chi connectivity index (χ1v) is 9.45. The second kappa shape index (κ2) is 7.70. The largest absolute Gasteiger partial charge is 0.338 e. The van der Waals surface area contributed by atoms with Crippen molar-refractivity contribution in [2.75, 3.05) is 13.1 Å². The van der Waals surface area contributed by atoms with E-state index >= 15 is 0 Å². The number of hydrogen-bond acceptors (Lipinski definition) is 3. The van der Waals surface area contributed by atoms with Crippen molar-refractivity contribution in [3.8, 4) is 11.4 Å². The van der Waals surface area contributed by atoms with Gasteiger partial charge in [0.05, 0.1) is 0 Å². The third-order valence-corrected chi connectivity index (χ3v) is 5.21. The number of carbonyl (C=O) groups excluding carboxylic acids is 1. The highest BCUT2D eigenvalue weighted by Gasteiger charge is 2.27. The molecule has 1 unspecified atom stereocenters.